The van der Waals surface area contributed by atoms with Crippen molar-refractivity contribution in [1.82, 2.24) is 0 Å². The van der Waals surface area contributed by atoms with E-state index in [0.717, 1.165) is 6.42 Å². The fraction of sp³-hybridized carbons (Fsp3) is 0.643. The number of carbonyl (C=O) groups excluding carboxylic acids is 3. The highest BCUT2D eigenvalue weighted by atomic mass is 16.5. The van der Waals surface area contributed by atoms with Crippen molar-refractivity contribution < 1.29 is 24.2 Å². The summed E-state index contributed by atoms with van der Waals surface area (Å²) in [6, 6.07) is 0. The molecule has 0 spiro atoms. The summed E-state index contributed by atoms with van der Waals surface area (Å²) in [6.07, 6.45) is 3.99. The maximum atomic E-state index is 11.6. The average Bonchev–Trinajstić information content (AvgIpc) is 2.37. The standard InChI is InChI=1S/C14H20O5/c1-19-13(18)9-4-2-3-6-10(15)14-11(16)7-5-8-12(14)17/h15H,2-9H2,1H3. The topological polar surface area (TPSA) is 80.7 Å². The molecule has 0 radical (unpaired) electrons. The Kier molecular flexibility index (Phi) is 6.25. The third-order valence-corrected chi connectivity index (χ3v) is 3.18. The van der Waals surface area contributed by atoms with Crippen LogP contribution < -0.4 is 0 Å². The maximum Gasteiger partial charge on any atom is 0.305 e. The Morgan fingerprint density at radius 2 is 1.68 bits per heavy atom. The maximum absolute atomic E-state index is 11.6. The second-order valence-electron chi connectivity index (χ2n) is 4.66. The van der Waals surface area contributed by atoms with Crippen LogP contribution in [0.3, 0.4) is 0 Å². The molecule has 19 heavy (non-hydrogen) atoms. The molecule has 0 saturated heterocycles. The lowest BCUT2D eigenvalue weighted by atomic mass is 9.90. The summed E-state index contributed by atoms with van der Waals surface area (Å²) < 4.78 is 4.51. The number of aliphatic hydroxyl groups excluding tert-OH is 1. The molecule has 0 aromatic heterocycles. The van der Waals surface area contributed by atoms with Gasteiger partial charge >= 0.3 is 5.97 Å². The van der Waals surface area contributed by atoms with Gasteiger partial charge in [0.25, 0.3) is 0 Å². The quantitative estimate of drug-likeness (QED) is 0.263. The molecule has 0 aromatic carbocycles. The van der Waals surface area contributed by atoms with E-state index >= 15 is 0 Å². The van der Waals surface area contributed by atoms with E-state index in [-0.39, 0.29) is 28.9 Å². The smallest absolute Gasteiger partial charge is 0.305 e. The average molecular weight is 268 g/mol. The SMILES string of the molecule is COC(=O)CCCCCC(O)=C1C(=O)CCCC1=O. The highest BCUT2D eigenvalue weighted by Crippen LogP contribution is 2.21. The Morgan fingerprint density at radius 3 is 2.26 bits per heavy atom. The van der Waals surface area contributed by atoms with E-state index < -0.39 is 0 Å². The second kappa shape index (κ2) is 7.71. The van der Waals surface area contributed by atoms with Gasteiger partial charge in [-0.15, -0.1) is 0 Å². The third-order valence-electron chi connectivity index (χ3n) is 3.18. The van der Waals surface area contributed by atoms with Gasteiger partial charge in [-0.05, 0) is 19.3 Å². The molecule has 5 heteroatoms. The largest absolute Gasteiger partial charge is 0.511 e. The molecule has 0 heterocycles. The molecule has 5 nitrogen and oxygen atoms in total. The Morgan fingerprint density at radius 1 is 1.11 bits per heavy atom. The van der Waals surface area contributed by atoms with Crippen molar-refractivity contribution in [2.24, 2.45) is 0 Å². The predicted octanol–water partition coefficient (Wildman–Crippen LogP) is 2.24. The van der Waals surface area contributed by atoms with Crippen LogP contribution in [0.4, 0.5) is 0 Å². The minimum atomic E-state index is -0.250. The second-order valence-corrected chi connectivity index (χ2v) is 4.66. The number of carbonyl (C=O) groups is 3. The van der Waals surface area contributed by atoms with Crippen molar-refractivity contribution >= 4 is 17.5 Å². The van der Waals surface area contributed by atoms with Crippen LogP contribution in [0.2, 0.25) is 0 Å². The van der Waals surface area contributed by atoms with Crippen molar-refractivity contribution in [2.75, 3.05) is 7.11 Å². The van der Waals surface area contributed by atoms with Crippen LogP contribution in [0.25, 0.3) is 0 Å². The Labute approximate surface area is 112 Å². The number of ether oxygens (including phenoxy) is 1. The van der Waals surface area contributed by atoms with E-state index in [1.165, 1.54) is 7.11 Å². The molecular weight excluding hydrogens is 248 g/mol. The zero-order valence-corrected chi connectivity index (χ0v) is 11.2. The van der Waals surface area contributed by atoms with Gasteiger partial charge in [0.15, 0.2) is 11.6 Å². The number of allylic oxidation sites excluding steroid dienone is 2. The van der Waals surface area contributed by atoms with Crippen molar-refractivity contribution in [2.45, 2.75) is 51.4 Å². The van der Waals surface area contributed by atoms with Crippen LogP contribution in [0.15, 0.2) is 11.3 Å². The number of Topliss-reactive ketones (excluding diaryl/α,β-unsaturated/α-hetero) is 2. The van der Waals surface area contributed by atoms with E-state index in [2.05, 4.69) is 4.74 Å². The fourth-order valence-corrected chi connectivity index (χ4v) is 2.10. The van der Waals surface area contributed by atoms with Gasteiger partial charge in [0.2, 0.25) is 0 Å². The molecular formula is C14H20O5. The van der Waals surface area contributed by atoms with Crippen LogP contribution in [-0.2, 0) is 19.1 Å². The summed E-state index contributed by atoms with van der Waals surface area (Å²) in [5.41, 5.74) is -0.000724. The number of aliphatic hydroxyl groups is 1. The molecule has 1 aliphatic carbocycles. The van der Waals surface area contributed by atoms with Crippen molar-refractivity contribution in [1.29, 1.82) is 0 Å². The number of unbranched alkanes of at least 4 members (excludes halogenated alkanes) is 2. The number of rotatable bonds is 6. The van der Waals surface area contributed by atoms with Crippen molar-refractivity contribution in [3.63, 3.8) is 0 Å². The highest BCUT2D eigenvalue weighted by molar-refractivity contribution is 6.21. The normalized spacial score (nSPS) is 15.5. The molecule has 1 rings (SSSR count). The zero-order valence-electron chi connectivity index (χ0n) is 11.2. The van der Waals surface area contributed by atoms with Crippen LogP contribution >= 0.6 is 0 Å². The minimum absolute atomic E-state index is 0.000724. The van der Waals surface area contributed by atoms with Gasteiger partial charge in [-0.3, -0.25) is 14.4 Å². The van der Waals surface area contributed by atoms with E-state index in [1.54, 1.807) is 0 Å². The lowest BCUT2D eigenvalue weighted by Gasteiger charge is -2.13. The Bertz CT molecular complexity index is 377. The van der Waals surface area contributed by atoms with Crippen LogP contribution in [0.5, 0.6) is 0 Å². The van der Waals surface area contributed by atoms with E-state index in [4.69, 9.17) is 0 Å². The molecule has 1 N–H and O–H groups in total. The summed E-state index contributed by atoms with van der Waals surface area (Å²) >= 11 is 0. The number of hydrogen-bond donors (Lipinski definition) is 1. The van der Waals surface area contributed by atoms with Gasteiger partial charge in [-0.2, -0.15) is 0 Å². The molecule has 0 aromatic rings. The molecule has 0 amide bonds. The lowest BCUT2D eigenvalue weighted by Crippen LogP contribution is -2.20. The van der Waals surface area contributed by atoms with Gasteiger partial charge in [0.1, 0.15) is 5.76 Å². The van der Waals surface area contributed by atoms with E-state index in [1.807, 2.05) is 0 Å². The predicted molar refractivity (Wildman–Crippen MR) is 68.6 cm³/mol. The zero-order chi connectivity index (χ0) is 14.3. The van der Waals surface area contributed by atoms with E-state index in [0.29, 0.717) is 44.9 Å². The molecule has 0 bridgehead atoms. The number of hydrogen-bond acceptors (Lipinski definition) is 5. The first-order valence-electron chi connectivity index (χ1n) is 6.61. The summed E-state index contributed by atoms with van der Waals surface area (Å²) in [5.74, 6) is -0.834. The van der Waals surface area contributed by atoms with Crippen molar-refractivity contribution in [3.05, 3.63) is 11.3 Å². The first-order valence-corrected chi connectivity index (χ1v) is 6.61. The molecule has 0 atom stereocenters. The number of methoxy groups -OCH3 is 1. The van der Waals surface area contributed by atoms with E-state index in [9.17, 15) is 19.5 Å². The van der Waals surface area contributed by atoms with Gasteiger partial charge in [0.05, 0.1) is 12.7 Å². The molecule has 0 unspecified atom stereocenters. The number of ketones is 2. The monoisotopic (exact) mass is 268 g/mol. The fourth-order valence-electron chi connectivity index (χ4n) is 2.10. The highest BCUT2D eigenvalue weighted by Gasteiger charge is 2.26. The Hall–Kier alpha value is -1.65. The first-order chi connectivity index (χ1) is 9.06. The summed E-state index contributed by atoms with van der Waals surface area (Å²) in [7, 11) is 1.35. The van der Waals surface area contributed by atoms with Crippen molar-refractivity contribution in [3.8, 4) is 0 Å². The van der Waals surface area contributed by atoms with Crippen LogP contribution in [-0.4, -0.2) is 29.8 Å². The third kappa shape index (κ3) is 4.85. The molecule has 106 valence electrons. The molecule has 1 saturated carbocycles. The summed E-state index contributed by atoms with van der Waals surface area (Å²) in [4.78, 5) is 34.0. The molecule has 1 aliphatic rings. The summed E-state index contributed by atoms with van der Waals surface area (Å²) in [6.45, 7) is 0. The molecule has 1 fully saturated rings. The van der Waals surface area contributed by atoms with Gasteiger partial charge in [-0.1, -0.05) is 6.42 Å². The van der Waals surface area contributed by atoms with Crippen LogP contribution in [0, 0.1) is 0 Å². The summed E-state index contributed by atoms with van der Waals surface area (Å²) in [5, 5.41) is 9.82. The Balaban J connectivity index is 2.37. The van der Waals surface area contributed by atoms with Crippen LogP contribution in [0.1, 0.15) is 51.4 Å². The lowest BCUT2D eigenvalue weighted by molar-refractivity contribution is -0.140. The molecule has 0 aliphatic heterocycles. The van der Waals surface area contributed by atoms with Gasteiger partial charge < -0.3 is 9.84 Å². The minimum Gasteiger partial charge on any atom is -0.511 e. The van der Waals surface area contributed by atoms with Gasteiger partial charge in [0, 0.05) is 25.7 Å². The first kappa shape index (κ1) is 15.4. The van der Waals surface area contributed by atoms with Gasteiger partial charge in [-0.25, -0.2) is 0 Å². The number of esters is 1.